The third-order valence-corrected chi connectivity index (χ3v) is 5.10. The van der Waals surface area contributed by atoms with Crippen molar-refractivity contribution in [3.8, 4) is 0 Å². The molecule has 1 fully saturated rings. The maximum atomic E-state index is 3.71. The van der Waals surface area contributed by atoms with Crippen LogP contribution in [0.1, 0.15) is 43.7 Å². The minimum absolute atomic E-state index is 0.688. The van der Waals surface area contributed by atoms with Crippen LogP contribution in [-0.2, 0) is 6.54 Å². The van der Waals surface area contributed by atoms with Crippen LogP contribution in [0.3, 0.4) is 0 Å². The fraction of sp³-hybridized carbons (Fsp3) is 0.647. The van der Waals surface area contributed by atoms with Crippen molar-refractivity contribution < 1.29 is 0 Å². The molecule has 112 valence electrons. The predicted octanol–water partition coefficient (Wildman–Crippen LogP) is 4.11. The first-order chi connectivity index (χ1) is 9.69. The van der Waals surface area contributed by atoms with Gasteiger partial charge < -0.3 is 10.2 Å². The molecule has 1 N–H and O–H groups in total. The summed E-state index contributed by atoms with van der Waals surface area (Å²) in [5.41, 5.74) is 2.67. The Morgan fingerprint density at radius 2 is 2.05 bits per heavy atom. The Hall–Kier alpha value is -0.380. The minimum Gasteiger partial charge on any atom is -0.310 e. The molecule has 1 aliphatic heterocycles. The summed E-state index contributed by atoms with van der Waals surface area (Å²) in [5, 5.41) is 3.71. The highest BCUT2D eigenvalue weighted by atomic mass is 79.9. The van der Waals surface area contributed by atoms with E-state index in [1.807, 2.05) is 0 Å². The van der Waals surface area contributed by atoms with Crippen molar-refractivity contribution in [2.24, 2.45) is 0 Å². The Bertz CT molecular complexity index is 411. The van der Waals surface area contributed by atoms with Gasteiger partial charge in [-0.1, -0.05) is 41.4 Å². The number of benzene rings is 1. The molecule has 0 aliphatic carbocycles. The molecule has 1 saturated heterocycles. The number of aryl methyl sites for hydroxylation is 1. The van der Waals surface area contributed by atoms with Crippen molar-refractivity contribution in [3.63, 3.8) is 0 Å². The first kappa shape index (κ1) is 16.0. The molecule has 1 aromatic carbocycles. The van der Waals surface area contributed by atoms with Crippen LogP contribution in [0.15, 0.2) is 22.7 Å². The molecule has 0 spiro atoms. The molecule has 1 aromatic rings. The summed E-state index contributed by atoms with van der Waals surface area (Å²) in [5.74, 6) is 0. The quantitative estimate of drug-likeness (QED) is 0.839. The predicted molar refractivity (Wildman–Crippen MR) is 90.1 cm³/mol. The van der Waals surface area contributed by atoms with Crippen LogP contribution in [0.2, 0.25) is 0 Å². The lowest BCUT2D eigenvalue weighted by molar-refractivity contribution is 0.195. The Balaban J connectivity index is 1.71. The lowest BCUT2D eigenvalue weighted by Gasteiger charge is -2.32. The van der Waals surface area contributed by atoms with Gasteiger partial charge in [-0.3, -0.25) is 0 Å². The molecule has 0 saturated carbocycles. The van der Waals surface area contributed by atoms with Gasteiger partial charge in [0.05, 0.1) is 0 Å². The average Bonchev–Trinajstić information content (AvgIpc) is 2.47. The van der Waals surface area contributed by atoms with Gasteiger partial charge in [-0.15, -0.1) is 0 Å². The van der Waals surface area contributed by atoms with E-state index < -0.39 is 0 Å². The molecular weight excluding hydrogens is 312 g/mol. The molecule has 1 heterocycles. The van der Waals surface area contributed by atoms with E-state index >= 15 is 0 Å². The van der Waals surface area contributed by atoms with E-state index in [0.29, 0.717) is 6.04 Å². The summed E-state index contributed by atoms with van der Waals surface area (Å²) < 4.78 is 1.21. The maximum absolute atomic E-state index is 3.71. The molecule has 0 unspecified atom stereocenters. The molecule has 0 amide bonds. The first-order valence-corrected chi connectivity index (χ1v) is 8.69. The van der Waals surface area contributed by atoms with Crippen molar-refractivity contribution in [2.75, 3.05) is 19.6 Å². The average molecular weight is 339 g/mol. The molecule has 1 aliphatic rings. The van der Waals surface area contributed by atoms with Gasteiger partial charge >= 0.3 is 0 Å². The lowest BCUT2D eigenvalue weighted by atomic mass is 10.0. The fourth-order valence-corrected chi connectivity index (χ4v) is 3.18. The summed E-state index contributed by atoms with van der Waals surface area (Å²) in [6.45, 7) is 9.19. The van der Waals surface area contributed by atoms with Gasteiger partial charge in [-0.05, 0) is 63.0 Å². The van der Waals surface area contributed by atoms with Crippen molar-refractivity contribution in [1.82, 2.24) is 10.2 Å². The largest absolute Gasteiger partial charge is 0.310 e. The van der Waals surface area contributed by atoms with Crippen LogP contribution in [0, 0.1) is 6.92 Å². The summed E-state index contributed by atoms with van der Waals surface area (Å²) >= 11 is 3.61. The third-order valence-electron chi connectivity index (χ3n) is 4.25. The van der Waals surface area contributed by atoms with E-state index in [1.54, 1.807) is 0 Å². The van der Waals surface area contributed by atoms with Gasteiger partial charge in [0.1, 0.15) is 0 Å². The second kappa shape index (κ2) is 8.16. The Labute approximate surface area is 132 Å². The van der Waals surface area contributed by atoms with E-state index in [4.69, 9.17) is 0 Å². The molecular formula is C17H27BrN2. The first-order valence-electron chi connectivity index (χ1n) is 7.90. The second-order valence-corrected chi connectivity index (χ2v) is 6.79. The highest BCUT2D eigenvalue weighted by Gasteiger charge is 2.17. The van der Waals surface area contributed by atoms with Gasteiger partial charge in [0, 0.05) is 17.1 Å². The van der Waals surface area contributed by atoms with Gasteiger partial charge in [0.25, 0.3) is 0 Å². The number of hydrogen-bond acceptors (Lipinski definition) is 2. The normalized spacial score (nSPS) is 17.6. The van der Waals surface area contributed by atoms with E-state index in [0.717, 1.165) is 6.54 Å². The van der Waals surface area contributed by atoms with E-state index in [1.165, 1.54) is 60.9 Å². The van der Waals surface area contributed by atoms with Crippen LogP contribution < -0.4 is 5.32 Å². The number of likely N-dealkylation sites (tertiary alicyclic amines) is 1. The van der Waals surface area contributed by atoms with Crippen LogP contribution >= 0.6 is 15.9 Å². The number of nitrogens with one attached hydrogen (secondary N) is 1. The number of hydrogen-bond donors (Lipinski definition) is 1. The molecule has 0 bridgehead atoms. The van der Waals surface area contributed by atoms with E-state index in [9.17, 15) is 0 Å². The van der Waals surface area contributed by atoms with Crippen molar-refractivity contribution >= 4 is 15.9 Å². The van der Waals surface area contributed by atoms with Crippen LogP contribution in [-0.4, -0.2) is 30.6 Å². The highest BCUT2D eigenvalue weighted by Crippen LogP contribution is 2.18. The fourth-order valence-electron chi connectivity index (χ4n) is 2.75. The third kappa shape index (κ3) is 4.87. The second-order valence-electron chi connectivity index (χ2n) is 5.93. The summed E-state index contributed by atoms with van der Waals surface area (Å²) in [7, 11) is 0. The molecule has 0 atom stereocenters. The highest BCUT2D eigenvalue weighted by molar-refractivity contribution is 9.10. The van der Waals surface area contributed by atoms with Gasteiger partial charge in [0.2, 0.25) is 0 Å². The Morgan fingerprint density at radius 1 is 1.30 bits per heavy atom. The Kier molecular flexibility index (Phi) is 6.53. The van der Waals surface area contributed by atoms with Crippen molar-refractivity contribution in [1.29, 1.82) is 0 Å². The smallest absolute Gasteiger partial charge is 0.0208 e. The van der Waals surface area contributed by atoms with Crippen LogP contribution in [0.4, 0.5) is 0 Å². The number of nitrogens with zero attached hydrogens (tertiary/aromatic N) is 1. The topological polar surface area (TPSA) is 15.3 Å². The maximum Gasteiger partial charge on any atom is 0.0208 e. The van der Waals surface area contributed by atoms with Gasteiger partial charge in [0.15, 0.2) is 0 Å². The molecule has 2 rings (SSSR count). The van der Waals surface area contributed by atoms with E-state index in [2.05, 4.69) is 58.2 Å². The minimum atomic E-state index is 0.688. The molecule has 2 nitrogen and oxygen atoms in total. The van der Waals surface area contributed by atoms with Crippen molar-refractivity contribution in [2.45, 2.75) is 52.1 Å². The van der Waals surface area contributed by atoms with Crippen LogP contribution in [0.25, 0.3) is 0 Å². The van der Waals surface area contributed by atoms with Crippen molar-refractivity contribution in [3.05, 3.63) is 33.8 Å². The summed E-state index contributed by atoms with van der Waals surface area (Å²) in [6.07, 6.45) is 5.23. The number of rotatable bonds is 6. The molecule has 0 aromatic heterocycles. The molecule has 3 heteroatoms. The number of halogens is 1. The standard InChI is InChI=1S/C17H27BrN2/c1-3-4-9-20-10-7-16(8-11-20)19-13-15-6-5-14(2)17(18)12-15/h5-6,12,16,19H,3-4,7-11,13H2,1-2H3. The molecule has 0 radical (unpaired) electrons. The van der Waals surface area contributed by atoms with Crippen LogP contribution in [0.5, 0.6) is 0 Å². The lowest BCUT2D eigenvalue weighted by Crippen LogP contribution is -2.42. The number of unbranched alkanes of at least 4 members (excludes halogenated alkanes) is 1. The zero-order chi connectivity index (χ0) is 14.4. The zero-order valence-corrected chi connectivity index (χ0v) is 14.4. The van der Waals surface area contributed by atoms with Gasteiger partial charge in [-0.25, -0.2) is 0 Å². The SMILES string of the molecule is CCCCN1CCC(NCc2ccc(C)c(Br)c2)CC1. The summed E-state index contributed by atoms with van der Waals surface area (Å²) in [4.78, 5) is 2.62. The van der Waals surface area contributed by atoms with E-state index in [-0.39, 0.29) is 0 Å². The number of piperidine rings is 1. The monoisotopic (exact) mass is 338 g/mol. The molecule has 20 heavy (non-hydrogen) atoms. The summed E-state index contributed by atoms with van der Waals surface area (Å²) in [6, 6.07) is 7.34. The zero-order valence-electron chi connectivity index (χ0n) is 12.8. The van der Waals surface area contributed by atoms with Gasteiger partial charge in [-0.2, -0.15) is 0 Å². The Morgan fingerprint density at radius 3 is 2.70 bits per heavy atom.